The van der Waals surface area contributed by atoms with Crippen LogP contribution in [0.25, 0.3) is 0 Å². The van der Waals surface area contributed by atoms with Gasteiger partial charge in [-0.15, -0.1) is 0 Å². The predicted molar refractivity (Wildman–Crippen MR) is 47.7 cm³/mol. The van der Waals surface area contributed by atoms with Gasteiger partial charge in [-0.2, -0.15) is 0 Å². The highest BCUT2D eigenvalue weighted by atomic mass is 16.5. The number of ether oxygens (including phenoxy) is 1. The van der Waals surface area contributed by atoms with Crippen LogP contribution in [-0.2, 0) is 9.53 Å². The maximum atomic E-state index is 11.1. The topological polar surface area (TPSA) is 26.3 Å². The van der Waals surface area contributed by atoms with Crippen LogP contribution in [0, 0.1) is 5.41 Å². The molecule has 0 aromatic rings. The number of ketones is 1. The Balaban J connectivity index is 2.65. The molecule has 0 aliphatic carbocycles. The van der Waals surface area contributed by atoms with Crippen molar-refractivity contribution in [1.29, 1.82) is 0 Å². The molecule has 1 aliphatic heterocycles. The van der Waals surface area contributed by atoms with Crippen LogP contribution >= 0.6 is 0 Å². The van der Waals surface area contributed by atoms with Crippen LogP contribution in [0.3, 0.4) is 0 Å². The third kappa shape index (κ3) is 1.87. The summed E-state index contributed by atoms with van der Waals surface area (Å²) in [4.78, 5) is 11.1. The number of carbonyl (C=O) groups is 1. The summed E-state index contributed by atoms with van der Waals surface area (Å²) >= 11 is 0. The van der Waals surface area contributed by atoms with E-state index in [1.165, 1.54) is 12.3 Å². The van der Waals surface area contributed by atoms with Crippen molar-refractivity contribution >= 4 is 5.78 Å². The molecule has 0 N–H and O–H groups in total. The Labute approximate surface area is 73.6 Å². The maximum absolute atomic E-state index is 11.1. The minimum Gasteiger partial charge on any atom is -0.497 e. The van der Waals surface area contributed by atoms with Gasteiger partial charge in [-0.1, -0.05) is 20.8 Å². The Morgan fingerprint density at radius 1 is 1.67 bits per heavy atom. The molecule has 0 amide bonds. The third-order valence-electron chi connectivity index (χ3n) is 2.67. The fourth-order valence-electron chi connectivity index (χ4n) is 1.20. The SMILES string of the molecule is CCC(C)(C)C1CC(=O)C=CO1. The summed E-state index contributed by atoms with van der Waals surface area (Å²) in [6.07, 6.45) is 4.63. The van der Waals surface area contributed by atoms with Gasteiger partial charge in [-0.05, 0) is 6.42 Å². The van der Waals surface area contributed by atoms with Crippen LogP contribution < -0.4 is 0 Å². The summed E-state index contributed by atoms with van der Waals surface area (Å²) in [6, 6.07) is 0. The smallest absolute Gasteiger partial charge is 0.162 e. The monoisotopic (exact) mass is 168 g/mol. The van der Waals surface area contributed by atoms with Gasteiger partial charge >= 0.3 is 0 Å². The molecule has 0 fully saturated rings. The van der Waals surface area contributed by atoms with E-state index in [1.807, 2.05) is 0 Å². The summed E-state index contributed by atoms with van der Waals surface area (Å²) in [5.74, 6) is 0.174. The average Bonchev–Trinajstić information content (AvgIpc) is 2.05. The largest absolute Gasteiger partial charge is 0.497 e. The lowest BCUT2D eigenvalue weighted by atomic mass is 9.81. The van der Waals surface area contributed by atoms with Gasteiger partial charge in [0.2, 0.25) is 0 Å². The van der Waals surface area contributed by atoms with Crippen LogP contribution in [0.1, 0.15) is 33.6 Å². The first-order valence-corrected chi connectivity index (χ1v) is 4.41. The van der Waals surface area contributed by atoms with E-state index in [1.54, 1.807) is 0 Å². The molecule has 0 radical (unpaired) electrons. The lowest BCUT2D eigenvalue weighted by Crippen LogP contribution is -2.33. The second-order valence-corrected chi connectivity index (χ2v) is 3.94. The number of hydrogen-bond donors (Lipinski definition) is 0. The highest BCUT2D eigenvalue weighted by Crippen LogP contribution is 2.31. The van der Waals surface area contributed by atoms with Crippen molar-refractivity contribution in [2.75, 3.05) is 0 Å². The molecule has 0 bridgehead atoms. The van der Waals surface area contributed by atoms with Crippen molar-refractivity contribution in [2.45, 2.75) is 39.7 Å². The first-order chi connectivity index (χ1) is 5.56. The van der Waals surface area contributed by atoms with E-state index < -0.39 is 0 Å². The van der Waals surface area contributed by atoms with E-state index in [9.17, 15) is 4.79 Å². The number of hydrogen-bond acceptors (Lipinski definition) is 2. The van der Waals surface area contributed by atoms with Crippen molar-refractivity contribution in [1.82, 2.24) is 0 Å². The van der Waals surface area contributed by atoms with Crippen LogP contribution in [0.15, 0.2) is 12.3 Å². The molecule has 68 valence electrons. The van der Waals surface area contributed by atoms with Gasteiger partial charge < -0.3 is 4.74 Å². The molecule has 1 atom stereocenters. The Morgan fingerprint density at radius 3 is 2.83 bits per heavy atom. The molecule has 0 spiro atoms. The van der Waals surface area contributed by atoms with E-state index in [2.05, 4.69) is 20.8 Å². The van der Waals surface area contributed by atoms with Gasteiger partial charge in [0, 0.05) is 17.9 Å². The second kappa shape index (κ2) is 3.30. The molecule has 1 aliphatic rings. The van der Waals surface area contributed by atoms with Crippen molar-refractivity contribution < 1.29 is 9.53 Å². The normalized spacial score (nSPS) is 23.9. The van der Waals surface area contributed by atoms with E-state index >= 15 is 0 Å². The molecule has 1 heterocycles. The first-order valence-electron chi connectivity index (χ1n) is 4.41. The number of rotatable bonds is 2. The number of allylic oxidation sites excluding steroid dienone is 1. The van der Waals surface area contributed by atoms with Gasteiger partial charge in [0.15, 0.2) is 5.78 Å². The number of carbonyl (C=O) groups excluding carboxylic acids is 1. The van der Waals surface area contributed by atoms with E-state index in [4.69, 9.17) is 4.74 Å². The lowest BCUT2D eigenvalue weighted by molar-refractivity contribution is -0.120. The maximum Gasteiger partial charge on any atom is 0.162 e. The average molecular weight is 168 g/mol. The molecule has 0 aromatic carbocycles. The standard InChI is InChI=1S/C10H16O2/c1-4-10(2,3)9-7-8(11)5-6-12-9/h5-6,9H,4,7H2,1-3H3. The summed E-state index contributed by atoms with van der Waals surface area (Å²) in [6.45, 7) is 6.38. The van der Waals surface area contributed by atoms with Gasteiger partial charge in [-0.3, -0.25) is 4.79 Å². The molecule has 0 aromatic heterocycles. The van der Waals surface area contributed by atoms with Crippen molar-refractivity contribution in [3.63, 3.8) is 0 Å². The molecule has 12 heavy (non-hydrogen) atoms. The molecule has 2 nitrogen and oxygen atoms in total. The molecule has 1 unspecified atom stereocenters. The quantitative estimate of drug-likeness (QED) is 0.632. The Kier molecular flexibility index (Phi) is 2.55. The third-order valence-corrected chi connectivity index (χ3v) is 2.67. The minimum atomic E-state index is 0.0556. The van der Waals surface area contributed by atoms with Crippen molar-refractivity contribution in [2.24, 2.45) is 5.41 Å². The van der Waals surface area contributed by atoms with E-state index in [-0.39, 0.29) is 17.3 Å². The van der Waals surface area contributed by atoms with Crippen molar-refractivity contribution in [3.05, 3.63) is 12.3 Å². The molecular formula is C10H16O2. The fourth-order valence-corrected chi connectivity index (χ4v) is 1.20. The van der Waals surface area contributed by atoms with Gasteiger partial charge in [0.05, 0.1) is 6.26 Å². The van der Waals surface area contributed by atoms with E-state index in [0.717, 1.165) is 6.42 Å². The summed E-state index contributed by atoms with van der Waals surface area (Å²) in [5, 5.41) is 0. The highest BCUT2D eigenvalue weighted by molar-refractivity contribution is 5.90. The molecule has 2 heteroatoms. The van der Waals surface area contributed by atoms with Gasteiger partial charge in [0.25, 0.3) is 0 Å². The zero-order valence-electron chi connectivity index (χ0n) is 7.96. The molecular weight excluding hydrogens is 152 g/mol. The highest BCUT2D eigenvalue weighted by Gasteiger charge is 2.31. The van der Waals surface area contributed by atoms with Gasteiger partial charge in [0.1, 0.15) is 6.10 Å². The fraction of sp³-hybridized carbons (Fsp3) is 0.700. The molecule has 0 saturated heterocycles. The minimum absolute atomic E-state index is 0.0556. The van der Waals surface area contributed by atoms with Crippen LogP contribution in [0.5, 0.6) is 0 Å². The van der Waals surface area contributed by atoms with Crippen LogP contribution in [0.4, 0.5) is 0 Å². The lowest BCUT2D eigenvalue weighted by Gasteiger charge is -2.33. The molecule has 0 saturated carbocycles. The zero-order chi connectivity index (χ0) is 9.19. The van der Waals surface area contributed by atoms with Gasteiger partial charge in [-0.25, -0.2) is 0 Å². The zero-order valence-corrected chi connectivity index (χ0v) is 7.96. The van der Waals surface area contributed by atoms with E-state index in [0.29, 0.717) is 6.42 Å². The Hall–Kier alpha value is -0.790. The van der Waals surface area contributed by atoms with Crippen LogP contribution in [0.2, 0.25) is 0 Å². The Morgan fingerprint density at radius 2 is 2.33 bits per heavy atom. The summed E-state index contributed by atoms with van der Waals surface area (Å²) in [5.41, 5.74) is 0.0976. The van der Waals surface area contributed by atoms with Crippen molar-refractivity contribution in [3.8, 4) is 0 Å². The summed E-state index contributed by atoms with van der Waals surface area (Å²) < 4.78 is 5.40. The predicted octanol–water partition coefficient (Wildman–Crippen LogP) is 2.29. The summed E-state index contributed by atoms with van der Waals surface area (Å²) in [7, 11) is 0. The molecule has 1 rings (SSSR count). The Bertz CT molecular complexity index is 204. The first kappa shape index (κ1) is 9.30. The van der Waals surface area contributed by atoms with Crippen LogP contribution in [-0.4, -0.2) is 11.9 Å². The second-order valence-electron chi connectivity index (χ2n) is 3.94.